The Kier molecular flexibility index (Phi) is 5.80. The molecule has 0 unspecified atom stereocenters. The number of piperidine rings is 1. The lowest BCUT2D eigenvalue weighted by Crippen LogP contribution is -2.36. The Bertz CT molecular complexity index is 755. The van der Waals surface area contributed by atoms with Crippen LogP contribution in [0.4, 0.5) is 0 Å². The fourth-order valence-electron chi connectivity index (χ4n) is 4.15. The van der Waals surface area contributed by atoms with E-state index < -0.39 is 0 Å². The van der Waals surface area contributed by atoms with Crippen molar-refractivity contribution in [1.29, 1.82) is 0 Å². The quantitative estimate of drug-likeness (QED) is 0.799. The second-order valence-electron chi connectivity index (χ2n) is 7.77. The van der Waals surface area contributed by atoms with Crippen LogP contribution in [0.25, 0.3) is 0 Å². The zero-order valence-electron chi connectivity index (χ0n) is 16.5. The summed E-state index contributed by atoms with van der Waals surface area (Å²) in [6.07, 6.45) is 2.38. The smallest absolute Gasteiger partial charge is 0.146 e. The summed E-state index contributed by atoms with van der Waals surface area (Å²) in [5, 5.41) is 9.08. The molecule has 0 bridgehead atoms. The summed E-state index contributed by atoms with van der Waals surface area (Å²) in [5.41, 5.74) is 2.24. The van der Waals surface area contributed by atoms with Crippen LogP contribution in [0.2, 0.25) is 0 Å². The summed E-state index contributed by atoms with van der Waals surface area (Å²) in [6, 6.07) is 6.27. The maximum absolute atomic E-state index is 5.44. The summed E-state index contributed by atoms with van der Waals surface area (Å²) in [4.78, 5) is 9.56. The Morgan fingerprint density at radius 2 is 1.93 bits per heavy atom. The number of ether oxygens (including phenoxy) is 1. The molecule has 2 aliphatic heterocycles. The van der Waals surface area contributed by atoms with Gasteiger partial charge in [-0.15, -0.1) is 10.2 Å². The standard InChI is InChI=1S/C20H30N6O/c1-16-5-3-7-18(21-16)14-26-8-4-6-17(13-26)20-23-22-19(24(20)2)15-25-9-11-27-12-10-25/h3,5,7,17H,4,6,8-15H2,1-2H3/t17-/m0/s1. The molecule has 0 radical (unpaired) electrons. The van der Waals surface area contributed by atoms with Crippen LogP contribution in [0, 0.1) is 6.92 Å². The summed E-state index contributed by atoms with van der Waals surface area (Å²) in [5.74, 6) is 2.63. The molecule has 7 heteroatoms. The number of hydrogen-bond donors (Lipinski definition) is 0. The SMILES string of the molecule is Cc1cccc(CN2CCC[C@H](c3nnc(CN4CCOCC4)n3C)C2)n1. The molecule has 7 nitrogen and oxygen atoms in total. The average molecular weight is 371 g/mol. The molecule has 0 saturated carbocycles. The highest BCUT2D eigenvalue weighted by Gasteiger charge is 2.26. The van der Waals surface area contributed by atoms with Crippen LogP contribution in [0.1, 0.15) is 41.8 Å². The number of nitrogens with zero attached hydrogens (tertiary/aromatic N) is 6. The minimum absolute atomic E-state index is 0.444. The molecule has 2 aromatic heterocycles. The largest absolute Gasteiger partial charge is 0.379 e. The van der Waals surface area contributed by atoms with Crippen molar-refractivity contribution in [2.24, 2.45) is 7.05 Å². The van der Waals surface area contributed by atoms with Crippen molar-refractivity contribution in [2.75, 3.05) is 39.4 Å². The molecule has 0 aliphatic carbocycles. The highest BCUT2D eigenvalue weighted by Crippen LogP contribution is 2.26. The van der Waals surface area contributed by atoms with Gasteiger partial charge in [-0.3, -0.25) is 14.8 Å². The molecular formula is C20H30N6O. The highest BCUT2D eigenvalue weighted by atomic mass is 16.5. The van der Waals surface area contributed by atoms with Gasteiger partial charge >= 0.3 is 0 Å². The highest BCUT2D eigenvalue weighted by molar-refractivity contribution is 5.10. The van der Waals surface area contributed by atoms with Gasteiger partial charge in [0.25, 0.3) is 0 Å². The molecule has 4 heterocycles. The van der Waals surface area contributed by atoms with Gasteiger partial charge < -0.3 is 9.30 Å². The van der Waals surface area contributed by atoms with Crippen molar-refractivity contribution in [3.63, 3.8) is 0 Å². The zero-order chi connectivity index (χ0) is 18.6. The number of pyridine rings is 1. The van der Waals surface area contributed by atoms with Gasteiger partial charge in [0.15, 0.2) is 0 Å². The summed E-state index contributed by atoms with van der Waals surface area (Å²) in [6.45, 7) is 9.56. The van der Waals surface area contributed by atoms with Gasteiger partial charge in [0.2, 0.25) is 0 Å². The van der Waals surface area contributed by atoms with Crippen LogP contribution in [-0.2, 0) is 24.9 Å². The van der Waals surface area contributed by atoms with Crippen molar-refractivity contribution in [3.05, 3.63) is 41.2 Å². The van der Waals surface area contributed by atoms with Gasteiger partial charge in [-0.2, -0.15) is 0 Å². The van der Waals surface area contributed by atoms with Gasteiger partial charge in [-0.1, -0.05) is 6.07 Å². The Morgan fingerprint density at radius 1 is 1.07 bits per heavy atom. The molecule has 27 heavy (non-hydrogen) atoms. The number of hydrogen-bond acceptors (Lipinski definition) is 6. The molecule has 1 atom stereocenters. The normalized spacial score (nSPS) is 22.2. The van der Waals surface area contributed by atoms with Crippen molar-refractivity contribution in [1.82, 2.24) is 29.5 Å². The maximum atomic E-state index is 5.44. The third kappa shape index (κ3) is 4.54. The number of rotatable bonds is 5. The second kappa shape index (κ2) is 8.46. The lowest BCUT2D eigenvalue weighted by molar-refractivity contribution is 0.0326. The first-order valence-electron chi connectivity index (χ1n) is 10.0. The van der Waals surface area contributed by atoms with E-state index in [0.717, 1.165) is 75.5 Å². The van der Waals surface area contributed by atoms with Gasteiger partial charge in [0, 0.05) is 44.8 Å². The minimum Gasteiger partial charge on any atom is -0.379 e. The maximum Gasteiger partial charge on any atom is 0.146 e. The van der Waals surface area contributed by atoms with E-state index in [2.05, 4.69) is 61.7 Å². The third-order valence-corrected chi connectivity index (χ3v) is 5.67. The molecule has 0 aromatic carbocycles. The van der Waals surface area contributed by atoms with E-state index in [-0.39, 0.29) is 0 Å². The summed E-state index contributed by atoms with van der Waals surface area (Å²) in [7, 11) is 2.12. The van der Waals surface area contributed by atoms with Gasteiger partial charge in [0.1, 0.15) is 11.6 Å². The van der Waals surface area contributed by atoms with E-state index in [1.807, 2.05) is 0 Å². The Balaban J connectivity index is 1.40. The topological polar surface area (TPSA) is 59.3 Å². The molecule has 0 spiro atoms. The first kappa shape index (κ1) is 18.5. The van der Waals surface area contributed by atoms with Crippen molar-refractivity contribution >= 4 is 0 Å². The lowest BCUT2D eigenvalue weighted by Gasteiger charge is -2.32. The average Bonchev–Trinajstić information content (AvgIpc) is 3.03. The molecule has 2 aliphatic rings. The zero-order valence-corrected chi connectivity index (χ0v) is 16.5. The van der Waals surface area contributed by atoms with Crippen LogP contribution in [0.15, 0.2) is 18.2 Å². The Labute approximate surface area is 161 Å². The summed E-state index contributed by atoms with van der Waals surface area (Å²) >= 11 is 0. The van der Waals surface area contributed by atoms with E-state index in [1.54, 1.807) is 0 Å². The van der Waals surface area contributed by atoms with E-state index in [0.29, 0.717) is 5.92 Å². The molecular weight excluding hydrogens is 340 g/mol. The van der Waals surface area contributed by atoms with E-state index in [1.165, 1.54) is 12.8 Å². The molecule has 0 amide bonds. The molecule has 2 fully saturated rings. The molecule has 4 rings (SSSR count). The van der Waals surface area contributed by atoms with Crippen LogP contribution in [0.5, 0.6) is 0 Å². The first-order valence-corrected chi connectivity index (χ1v) is 10.0. The Morgan fingerprint density at radius 3 is 2.74 bits per heavy atom. The van der Waals surface area contributed by atoms with E-state index in [9.17, 15) is 0 Å². The predicted molar refractivity (Wildman–Crippen MR) is 103 cm³/mol. The Hall–Kier alpha value is -1.83. The molecule has 2 saturated heterocycles. The lowest BCUT2D eigenvalue weighted by atomic mass is 9.97. The van der Waals surface area contributed by atoms with Crippen LogP contribution >= 0.6 is 0 Å². The van der Waals surface area contributed by atoms with E-state index in [4.69, 9.17) is 4.74 Å². The fraction of sp³-hybridized carbons (Fsp3) is 0.650. The van der Waals surface area contributed by atoms with Gasteiger partial charge in [-0.05, 0) is 38.4 Å². The number of aryl methyl sites for hydroxylation is 1. The fourth-order valence-corrected chi connectivity index (χ4v) is 4.15. The molecule has 0 N–H and O–H groups in total. The first-order chi connectivity index (χ1) is 13.2. The van der Waals surface area contributed by atoms with Crippen LogP contribution in [0.3, 0.4) is 0 Å². The monoisotopic (exact) mass is 370 g/mol. The molecule has 146 valence electrons. The second-order valence-corrected chi connectivity index (χ2v) is 7.77. The van der Waals surface area contributed by atoms with E-state index >= 15 is 0 Å². The van der Waals surface area contributed by atoms with Crippen molar-refractivity contribution in [2.45, 2.75) is 38.8 Å². The van der Waals surface area contributed by atoms with Crippen LogP contribution < -0.4 is 0 Å². The number of morpholine rings is 1. The number of aromatic nitrogens is 4. The van der Waals surface area contributed by atoms with Crippen LogP contribution in [-0.4, -0.2) is 68.9 Å². The minimum atomic E-state index is 0.444. The predicted octanol–water partition coefficient (Wildman–Crippen LogP) is 1.73. The van der Waals surface area contributed by atoms with Gasteiger partial charge in [-0.25, -0.2) is 0 Å². The van der Waals surface area contributed by atoms with Crippen molar-refractivity contribution < 1.29 is 4.74 Å². The number of likely N-dealkylation sites (tertiary alicyclic amines) is 1. The third-order valence-electron chi connectivity index (χ3n) is 5.67. The summed E-state index contributed by atoms with van der Waals surface area (Å²) < 4.78 is 7.66. The molecule has 2 aromatic rings. The van der Waals surface area contributed by atoms with Crippen molar-refractivity contribution in [3.8, 4) is 0 Å². The van der Waals surface area contributed by atoms with Gasteiger partial charge in [0.05, 0.1) is 25.5 Å².